The van der Waals surface area contributed by atoms with E-state index in [-0.39, 0.29) is 18.9 Å². The van der Waals surface area contributed by atoms with Crippen molar-refractivity contribution in [2.75, 3.05) is 0 Å². The minimum atomic E-state index is -4.11. The molecule has 2 atom stereocenters. The van der Waals surface area contributed by atoms with Gasteiger partial charge in [-0.25, -0.2) is 4.98 Å². The molecule has 0 radical (unpaired) electrons. The highest BCUT2D eigenvalue weighted by Crippen LogP contribution is 2.46. The van der Waals surface area contributed by atoms with Gasteiger partial charge in [0.2, 0.25) is 0 Å². The first kappa shape index (κ1) is 14.8. The molecule has 1 aliphatic carbocycles. The molecule has 2 unspecified atom stereocenters. The number of nitrogens with one attached hydrogen (secondary N) is 1. The third-order valence-corrected chi connectivity index (χ3v) is 4.60. The summed E-state index contributed by atoms with van der Waals surface area (Å²) >= 11 is 1.44. The fraction of sp³-hybridized carbons (Fsp3) is 0.769. The second kappa shape index (κ2) is 5.40. The van der Waals surface area contributed by atoms with Gasteiger partial charge in [0.25, 0.3) is 0 Å². The second-order valence-electron chi connectivity index (χ2n) is 5.55. The molecule has 6 heteroatoms. The van der Waals surface area contributed by atoms with E-state index in [0.717, 1.165) is 11.4 Å². The highest BCUT2D eigenvalue weighted by atomic mass is 32.1. The van der Waals surface area contributed by atoms with E-state index in [2.05, 4.69) is 10.3 Å². The van der Waals surface area contributed by atoms with E-state index in [0.29, 0.717) is 6.42 Å². The molecule has 1 fully saturated rings. The van der Waals surface area contributed by atoms with Crippen LogP contribution in [0.25, 0.3) is 0 Å². The Kier molecular flexibility index (Phi) is 4.20. The van der Waals surface area contributed by atoms with Crippen LogP contribution in [0.3, 0.4) is 0 Å². The van der Waals surface area contributed by atoms with Crippen LogP contribution in [0.2, 0.25) is 0 Å². The van der Waals surface area contributed by atoms with Crippen molar-refractivity contribution in [1.29, 1.82) is 0 Å². The Labute approximate surface area is 115 Å². The van der Waals surface area contributed by atoms with Gasteiger partial charge in [0, 0.05) is 17.6 Å². The lowest BCUT2D eigenvalue weighted by Gasteiger charge is -2.42. The zero-order valence-corrected chi connectivity index (χ0v) is 11.9. The van der Waals surface area contributed by atoms with Crippen molar-refractivity contribution < 1.29 is 13.2 Å². The monoisotopic (exact) mass is 292 g/mol. The Balaban J connectivity index is 2.28. The van der Waals surface area contributed by atoms with Crippen molar-refractivity contribution in [2.24, 2.45) is 5.92 Å². The van der Waals surface area contributed by atoms with Crippen LogP contribution in [0.5, 0.6) is 0 Å². The lowest BCUT2D eigenvalue weighted by molar-refractivity contribution is -0.189. The molecule has 0 aliphatic heterocycles. The number of halogens is 3. The minimum Gasteiger partial charge on any atom is -0.303 e. The quantitative estimate of drug-likeness (QED) is 0.907. The number of thiazole rings is 1. The fourth-order valence-corrected chi connectivity index (χ4v) is 3.80. The molecule has 1 saturated carbocycles. The van der Waals surface area contributed by atoms with E-state index in [1.54, 1.807) is 6.20 Å². The summed E-state index contributed by atoms with van der Waals surface area (Å²) in [7, 11) is 0. The van der Waals surface area contributed by atoms with Crippen LogP contribution >= 0.6 is 11.3 Å². The molecular formula is C13H19F3N2S. The van der Waals surface area contributed by atoms with Gasteiger partial charge in [-0.15, -0.1) is 11.3 Å². The lowest BCUT2D eigenvalue weighted by atomic mass is 9.75. The van der Waals surface area contributed by atoms with E-state index < -0.39 is 17.6 Å². The molecule has 0 saturated heterocycles. The zero-order valence-electron chi connectivity index (χ0n) is 11.1. The summed E-state index contributed by atoms with van der Waals surface area (Å²) in [4.78, 5) is 4.27. The van der Waals surface area contributed by atoms with Gasteiger partial charge in [-0.2, -0.15) is 13.2 Å². The zero-order chi connectivity index (χ0) is 14.1. The van der Waals surface area contributed by atoms with Crippen LogP contribution in [0.15, 0.2) is 11.6 Å². The molecule has 1 heterocycles. The van der Waals surface area contributed by atoms with Gasteiger partial charge in [0.1, 0.15) is 5.01 Å². The summed E-state index contributed by atoms with van der Waals surface area (Å²) in [5.74, 6) is -1.23. The predicted molar refractivity (Wildman–Crippen MR) is 70.1 cm³/mol. The molecule has 1 aliphatic rings. The summed E-state index contributed by atoms with van der Waals surface area (Å²) in [6.07, 6.45) is -0.796. The van der Waals surface area contributed by atoms with Gasteiger partial charge in [-0.05, 0) is 33.1 Å². The molecule has 2 nitrogen and oxygen atoms in total. The van der Waals surface area contributed by atoms with Crippen LogP contribution < -0.4 is 5.32 Å². The van der Waals surface area contributed by atoms with E-state index in [4.69, 9.17) is 0 Å². The molecule has 1 aromatic heterocycles. The van der Waals surface area contributed by atoms with E-state index in [1.807, 2.05) is 19.2 Å². The Bertz CT molecular complexity index is 403. The van der Waals surface area contributed by atoms with E-state index in [9.17, 15) is 13.2 Å². The van der Waals surface area contributed by atoms with Gasteiger partial charge in [-0.1, -0.05) is 6.42 Å². The van der Waals surface area contributed by atoms with Crippen LogP contribution in [0.4, 0.5) is 13.2 Å². The molecule has 0 bridgehead atoms. The third kappa shape index (κ3) is 3.28. The van der Waals surface area contributed by atoms with Gasteiger partial charge in [0.15, 0.2) is 0 Å². The Hall–Kier alpha value is -0.620. The maximum Gasteiger partial charge on any atom is 0.391 e. The Morgan fingerprint density at radius 2 is 2.21 bits per heavy atom. The average Bonchev–Trinajstić information content (AvgIpc) is 2.81. The van der Waals surface area contributed by atoms with Crippen molar-refractivity contribution in [3.05, 3.63) is 16.6 Å². The van der Waals surface area contributed by atoms with Gasteiger partial charge < -0.3 is 5.32 Å². The second-order valence-corrected chi connectivity index (χ2v) is 6.45. The minimum absolute atomic E-state index is 0.0994. The van der Waals surface area contributed by atoms with Crippen molar-refractivity contribution in [1.82, 2.24) is 10.3 Å². The lowest BCUT2D eigenvalue weighted by Crippen LogP contribution is -2.50. The number of aromatic nitrogens is 1. The topological polar surface area (TPSA) is 24.9 Å². The first-order chi connectivity index (χ1) is 8.83. The molecule has 0 aromatic carbocycles. The van der Waals surface area contributed by atoms with Crippen LogP contribution in [-0.4, -0.2) is 17.2 Å². The number of alkyl halides is 3. The van der Waals surface area contributed by atoms with Crippen LogP contribution in [0, 0.1) is 5.92 Å². The van der Waals surface area contributed by atoms with E-state index in [1.165, 1.54) is 11.3 Å². The van der Waals surface area contributed by atoms with Crippen LogP contribution in [-0.2, 0) is 5.54 Å². The molecule has 1 N–H and O–H groups in total. The van der Waals surface area contributed by atoms with Crippen LogP contribution in [0.1, 0.15) is 44.5 Å². The predicted octanol–water partition coefficient (Wildman–Crippen LogP) is 4.09. The van der Waals surface area contributed by atoms with Gasteiger partial charge in [0.05, 0.1) is 11.5 Å². The average molecular weight is 292 g/mol. The molecule has 108 valence electrons. The molecule has 0 amide bonds. The summed E-state index contributed by atoms with van der Waals surface area (Å²) in [6.45, 7) is 3.93. The molecule has 19 heavy (non-hydrogen) atoms. The van der Waals surface area contributed by atoms with Crippen molar-refractivity contribution in [3.8, 4) is 0 Å². The first-order valence-electron chi connectivity index (χ1n) is 6.58. The highest BCUT2D eigenvalue weighted by Gasteiger charge is 2.49. The normalized spacial score (nSPS) is 28.8. The smallest absolute Gasteiger partial charge is 0.303 e. The van der Waals surface area contributed by atoms with Crippen molar-refractivity contribution in [3.63, 3.8) is 0 Å². The fourth-order valence-electron chi connectivity index (χ4n) is 2.95. The molecule has 1 aromatic rings. The van der Waals surface area contributed by atoms with E-state index >= 15 is 0 Å². The summed E-state index contributed by atoms with van der Waals surface area (Å²) in [5.41, 5.74) is -0.610. The summed E-state index contributed by atoms with van der Waals surface area (Å²) in [6, 6.07) is 0.135. The van der Waals surface area contributed by atoms with Gasteiger partial charge >= 0.3 is 6.18 Å². The highest BCUT2D eigenvalue weighted by molar-refractivity contribution is 7.09. The molecular weight excluding hydrogens is 273 g/mol. The standard InChI is InChI=1S/C13H19F3N2S/c1-9(2)18-12(11-17-6-7-19-11)5-3-4-10(8-12)13(14,15)16/h6-7,9-10,18H,3-5,8H2,1-2H3. The number of hydrogen-bond acceptors (Lipinski definition) is 3. The SMILES string of the molecule is CC(C)NC1(c2nccs2)CCCC(C(F)(F)F)C1. The Morgan fingerprint density at radius 3 is 2.74 bits per heavy atom. The van der Waals surface area contributed by atoms with Gasteiger partial charge in [-0.3, -0.25) is 0 Å². The maximum absolute atomic E-state index is 13.0. The Morgan fingerprint density at radius 1 is 1.47 bits per heavy atom. The number of rotatable bonds is 3. The maximum atomic E-state index is 13.0. The molecule has 0 spiro atoms. The first-order valence-corrected chi connectivity index (χ1v) is 7.46. The van der Waals surface area contributed by atoms with Crippen molar-refractivity contribution in [2.45, 2.75) is 57.3 Å². The number of nitrogens with zero attached hydrogens (tertiary/aromatic N) is 1. The summed E-state index contributed by atoms with van der Waals surface area (Å²) < 4.78 is 39.1. The summed E-state index contributed by atoms with van der Waals surface area (Å²) in [5, 5.41) is 5.96. The van der Waals surface area contributed by atoms with Crippen molar-refractivity contribution >= 4 is 11.3 Å². The molecule has 2 rings (SSSR count). The largest absolute Gasteiger partial charge is 0.391 e. The third-order valence-electron chi connectivity index (χ3n) is 3.62. The number of hydrogen-bond donors (Lipinski definition) is 1.